The van der Waals surface area contributed by atoms with E-state index in [-0.39, 0.29) is 0 Å². The molecule has 1 aliphatic rings. The van der Waals surface area contributed by atoms with Crippen LogP contribution in [-0.4, -0.2) is 23.1 Å². The molecule has 0 radical (unpaired) electrons. The Morgan fingerprint density at radius 2 is 2.29 bits per heavy atom. The lowest BCUT2D eigenvalue weighted by Gasteiger charge is -2.33. The normalized spacial score (nSPS) is 15.5. The van der Waals surface area contributed by atoms with E-state index in [9.17, 15) is 0 Å². The summed E-state index contributed by atoms with van der Waals surface area (Å²) in [7, 11) is 0. The summed E-state index contributed by atoms with van der Waals surface area (Å²) in [6.07, 6.45) is 5.90. The van der Waals surface area contributed by atoms with Crippen molar-refractivity contribution in [2.75, 3.05) is 23.4 Å². The van der Waals surface area contributed by atoms with Crippen molar-refractivity contribution in [2.24, 2.45) is 11.8 Å². The molecular weight excluding hydrogens is 214 g/mol. The van der Waals surface area contributed by atoms with Gasteiger partial charge in [0.25, 0.3) is 0 Å². The number of aromatic nitrogens is 2. The molecule has 0 saturated heterocycles. The number of rotatable bonds is 5. The summed E-state index contributed by atoms with van der Waals surface area (Å²) in [6, 6.07) is 0. The Kier molecular flexibility index (Phi) is 3.78. The van der Waals surface area contributed by atoms with Crippen LogP contribution in [0.15, 0.2) is 6.20 Å². The smallest absolute Gasteiger partial charge is 0.239 e. The summed E-state index contributed by atoms with van der Waals surface area (Å²) < 4.78 is 0. The number of anilines is 2. The molecule has 0 bridgehead atoms. The van der Waals surface area contributed by atoms with Crippen molar-refractivity contribution >= 4 is 11.8 Å². The maximum atomic E-state index is 5.36. The largest absolute Gasteiger partial charge is 0.356 e. The first kappa shape index (κ1) is 12.1. The number of hydrogen-bond acceptors (Lipinski definition) is 5. The lowest BCUT2D eigenvalue weighted by Crippen LogP contribution is -2.33. The van der Waals surface area contributed by atoms with Crippen LogP contribution in [0, 0.1) is 12.8 Å². The number of nitrogens with one attached hydrogen (secondary N) is 1. The van der Waals surface area contributed by atoms with Crippen molar-refractivity contribution in [3.63, 3.8) is 0 Å². The highest BCUT2D eigenvalue weighted by molar-refractivity contribution is 5.48. The van der Waals surface area contributed by atoms with E-state index in [1.54, 1.807) is 0 Å². The molecule has 1 aromatic rings. The molecule has 5 heteroatoms. The van der Waals surface area contributed by atoms with E-state index in [0.29, 0.717) is 5.95 Å². The molecule has 1 aromatic heterocycles. The lowest BCUT2D eigenvalue weighted by molar-refractivity contribution is 0.318. The van der Waals surface area contributed by atoms with E-state index < -0.39 is 0 Å². The number of nitrogen functional groups attached to an aromatic ring is 1. The molecule has 1 saturated carbocycles. The molecule has 0 unspecified atom stereocenters. The van der Waals surface area contributed by atoms with Crippen LogP contribution >= 0.6 is 0 Å². The maximum Gasteiger partial charge on any atom is 0.239 e. The van der Waals surface area contributed by atoms with Crippen molar-refractivity contribution in [1.29, 1.82) is 0 Å². The fraction of sp³-hybridized carbons (Fsp3) is 0.667. The second-order valence-electron chi connectivity index (χ2n) is 4.68. The molecular formula is C12H21N5. The number of nitrogens with two attached hydrogens (primary N) is 1. The van der Waals surface area contributed by atoms with Gasteiger partial charge in [0.05, 0.1) is 0 Å². The third kappa shape index (κ3) is 2.66. The van der Waals surface area contributed by atoms with Gasteiger partial charge in [-0.2, -0.15) is 4.98 Å². The van der Waals surface area contributed by atoms with Gasteiger partial charge in [0.15, 0.2) is 0 Å². The van der Waals surface area contributed by atoms with Crippen LogP contribution in [0.25, 0.3) is 0 Å². The zero-order valence-corrected chi connectivity index (χ0v) is 10.6. The van der Waals surface area contributed by atoms with Gasteiger partial charge in [-0.1, -0.05) is 6.42 Å². The summed E-state index contributed by atoms with van der Waals surface area (Å²) in [5, 5.41) is 0. The molecule has 3 N–H and O–H groups in total. The molecule has 0 aliphatic heterocycles. The summed E-state index contributed by atoms with van der Waals surface area (Å²) >= 11 is 0. The minimum atomic E-state index is 0.484. The molecule has 1 fully saturated rings. The third-order valence-corrected chi connectivity index (χ3v) is 3.46. The number of aryl methyl sites for hydroxylation is 1. The number of hydrogen-bond donors (Lipinski definition) is 2. The Bertz CT molecular complexity index is 375. The van der Waals surface area contributed by atoms with Crippen LogP contribution in [0.2, 0.25) is 0 Å². The van der Waals surface area contributed by atoms with Crippen molar-refractivity contribution in [3.8, 4) is 0 Å². The Labute approximate surface area is 102 Å². The summed E-state index contributed by atoms with van der Waals surface area (Å²) in [5.41, 5.74) is 3.61. The van der Waals surface area contributed by atoms with Crippen LogP contribution < -0.4 is 16.2 Å². The number of nitrogens with zero attached hydrogens (tertiary/aromatic N) is 3. The first-order chi connectivity index (χ1) is 8.24. The van der Waals surface area contributed by atoms with E-state index in [1.165, 1.54) is 19.3 Å². The monoisotopic (exact) mass is 235 g/mol. The maximum absolute atomic E-state index is 5.36. The van der Waals surface area contributed by atoms with E-state index >= 15 is 0 Å². The van der Waals surface area contributed by atoms with Gasteiger partial charge in [0.1, 0.15) is 5.82 Å². The van der Waals surface area contributed by atoms with Gasteiger partial charge in [-0.3, -0.25) is 5.43 Å². The van der Waals surface area contributed by atoms with Crippen molar-refractivity contribution in [2.45, 2.75) is 33.1 Å². The van der Waals surface area contributed by atoms with Gasteiger partial charge in [0, 0.05) is 24.8 Å². The molecule has 0 atom stereocenters. The first-order valence-corrected chi connectivity index (χ1v) is 6.29. The van der Waals surface area contributed by atoms with Gasteiger partial charge < -0.3 is 4.90 Å². The van der Waals surface area contributed by atoms with Crippen LogP contribution in [-0.2, 0) is 0 Å². The van der Waals surface area contributed by atoms with Crippen LogP contribution in [0.4, 0.5) is 11.8 Å². The van der Waals surface area contributed by atoms with Gasteiger partial charge in [0.2, 0.25) is 5.95 Å². The van der Waals surface area contributed by atoms with E-state index in [4.69, 9.17) is 5.84 Å². The predicted octanol–water partition coefficient (Wildman–Crippen LogP) is 1.70. The van der Waals surface area contributed by atoms with Crippen molar-refractivity contribution in [3.05, 3.63) is 11.8 Å². The lowest BCUT2D eigenvalue weighted by atomic mass is 9.85. The molecule has 0 aromatic carbocycles. The van der Waals surface area contributed by atoms with Crippen molar-refractivity contribution < 1.29 is 0 Å². The Morgan fingerprint density at radius 3 is 2.82 bits per heavy atom. The van der Waals surface area contributed by atoms with Crippen LogP contribution in [0.3, 0.4) is 0 Å². The highest BCUT2D eigenvalue weighted by atomic mass is 15.3. The third-order valence-electron chi connectivity index (χ3n) is 3.46. The highest BCUT2D eigenvalue weighted by Gasteiger charge is 2.21. The summed E-state index contributed by atoms with van der Waals surface area (Å²) in [6.45, 7) is 6.27. The van der Waals surface area contributed by atoms with Crippen LogP contribution in [0.5, 0.6) is 0 Å². The van der Waals surface area contributed by atoms with Crippen LogP contribution in [0.1, 0.15) is 31.7 Å². The van der Waals surface area contributed by atoms with Gasteiger partial charge in [-0.05, 0) is 32.6 Å². The Morgan fingerprint density at radius 1 is 1.53 bits per heavy atom. The van der Waals surface area contributed by atoms with Gasteiger partial charge in [-0.15, -0.1) is 0 Å². The van der Waals surface area contributed by atoms with Gasteiger partial charge >= 0.3 is 0 Å². The number of hydrazine groups is 1. The second-order valence-corrected chi connectivity index (χ2v) is 4.68. The highest BCUT2D eigenvalue weighted by Crippen LogP contribution is 2.29. The molecule has 1 heterocycles. The van der Waals surface area contributed by atoms with Crippen molar-refractivity contribution in [1.82, 2.24) is 9.97 Å². The minimum Gasteiger partial charge on any atom is -0.356 e. The molecule has 5 nitrogen and oxygen atoms in total. The van der Waals surface area contributed by atoms with E-state index in [1.807, 2.05) is 13.1 Å². The van der Waals surface area contributed by atoms with E-state index in [2.05, 4.69) is 27.2 Å². The molecule has 0 spiro atoms. The average molecular weight is 235 g/mol. The second kappa shape index (κ2) is 5.31. The minimum absolute atomic E-state index is 0.484. The van der Waals surface area contributed by atoms with E-state index in [0.717, 1.165) is 30.4 Å². The Balaban J connectivity index is 2.15. The zero-order chi connectivity index (χ0) is 12.3. The first-order valence-electron chi connectivity index (χ1n) is 6.29. The quantitative estimate of drug-likeness (QED) is 0.600. The molecule has 1 aliphatic carbocycles. The molecule has 17 heavy (non-hydrogen) atoms. The molecule has 0 amide bonds. The fourth-order valence-electron chi connectivity index (χ4n) is 2.18. The predicted molar refractivity (Wildman–Crippen MR) is 69.8 cm³/mol. The zero-order valence-electron chi connectivity index (χ0n) is 10.6. The standard InChI is InChI=1S/C12H21N5/c1-3-17(8-10-5-4-6-10)11-9(2)7-14-12(15-11)16-13/h7,10H,3-6,8,13H2,1-2H3,(H,14,15,16). The summed E-state index contributed by atoms with van der Waals surface area (Å²) in [5.74, 6) is 7.67. The molecule has 94 valence electrons. The molecule has 2 rings (SSSR count). The van der Waals surface area contributed by atoms with Gasteiger partial charge in [-0.25, -0.2) is 10.8 Å². The SMILES string of the molecule is CCN(CC1CCC1)c1nc(NN)ncc1C. The Hall–Kier alpha value is -1.36. The summed E-state index contributed by atoms with van der Waals surface area (Å²) in [4.78, 5) is 10.9. The topological polar surface area (TPSA) is 67.1 Å². The fourth-order valence-corrected chi connectivity index (χ4v) is 2.18. The average Bonchev–Trinajstić information content (AvgIpc) is 2.29.